The number of amides is 1. The molecule has 1 aliphatic rings. The number of carbonyl (C=O) groups excluding carboxylic acids is 2. The predicted molar refractivity (Wildman–Crippen MR) is 80.5 cm³/mol. The van der Waals surface area contributed by atoms with Crippen LogP contribution in [-0.4, -0.2) is 22.3 Å². The van der Waals surface area contributed by atoms with Gasteiger partial charge in [0, 0.05) is 6.04 Å². The number of fused-ring (bicyclic) bond motifs is 1. The molecule has 0 bridgehead atoms. The number of Topliss-reactive ketones (excluding diaryl/α,β-unsaturated/α-hetero) is 1. The number of oxazole rings is 1. The average molecular weight is 313 g/mol. The second kappa shape index (κ2) is 5.72. The molecule has 1 aromatic carbocycles. The van der Waals surface area contributed by atoms with Crippen LogP contribution in [0.25, 0.3) is 11.1 Å². The largest absolute Gasteiger partial charge is 0.420 e. The zero-order valence-electron chi connectivity index (χ0n) is 12.5. The summed E-state index contributed by atoms with van der Waals surface area (Å²) in [6.45, 7) is 1.49. The fraction of sp³-hybridized carbons (Fsp3) is 0.375. The van der Waals surface area contributed by atoms with Crippen molar-refractivity contribution in [3.05, 3.63) is 34.8 Å². The molecule has 1 saturated carbocycles. The van der Waals surface area contributed by atoms with Gasteiger partial charge in [0.15, 0.2) is 17.3 Å². The second-order valence-electron chi connectivity index (χ2n) is 5.63. The Hall–Kier alpha value is -2.88. The van der Waals surface area contributed by atoms with Gasteiger partial charge in [-0.15, -0.1) is 0 Å². The van der Waals surface area contributed by atoms with Crippen molar-refractivity contribution < 1.29 is 14.0 Å². The summed E-state index contributed by atoms with van der Waals surface area (Å²) in [5, 5.41) is 11.8. The molecule has 2 unspecified atom stereocenters. The van der Waals surface area contributed by atoms with E-state index < -0.39 is 29.4 Å². The minimum absolute atomic E-state index is 0.0546. The molecule has 0 radical (unpaired) electrons. The Morgan fingerprint density at radius 3 is 2.74 bits per heavy atom. The fourth-order valence-corrected chi connectivity index (χ4v) is 2.48. The van der Waals surface area contributed by atoms with E-state index in [0.717, 1.165) is 12.8 Å². The van der Waals surface area contributed by atoms with Crippen LogP contribution in [0.15, 0.2) is 33.5 Å². The summed E-state index contributed by atoms with van der Waals surface area (Å²) >= 11 is 0. The van der Waals surface area contributed by atoms with Gasteiger partial charge in [-0.05, 0) is 31.9 Å². The van der Waals surface area contributed by atoms with E-state index in [4.69, 9.17) is 4.42 Å². The molecule has 1 aromatic heterocycles. The summed E-state index contributed by atoms with van der Waals surface area (Å²) in [7, 11) is 0. The monoisotopic (exact) mass is 313 g/mol. The van der Waals surface area contributed by atoms with Crippen molar-refractivity contribution in [1.29, 1.82) is 5.26 Å². The summed E-state index contributed by atoms with van der Waals surface area (Å²) in [6.07, 6.45) is 1.72. The molecular formula is C16H15N3O4. The second-order valence-corrected chi connectivity index (χ2v) is 5.63. The van der Waals surface area contributed by atoms with E-state index in [0.29, 0.717) is 11.1 Å². The van der Waals surface area contributed by atoms with Gasteiger partial charge in [0.05, 0.1) is 17.6 Å². The molecule has 2 atom stereocenters. The molecule has 23 heavy (non-hydrogen) atoms. The van der Waals surface area contributed by atoms with Gasteiger partial charge in [-0.2, -0.15) is 5.26 Å². The number of carbonyl (C=O) groups is 2. The molecule has 7 nitrogen and oxygen atoms in total. The smallest absolute Gasteiger partial charge is 0.408 e. The molecule has 0 saturated heterocycles. The van der Waals surface area contributed by atoms with Gasteiger partial charge in [-0.1, -0.05) is 12.1 Å². The lowest BCUT2D eigenvalue weighted by atomic mass is 9.99. The normalized spacial score (nSPS) is 16.5. The Balaban J connectivity index is 1.91. The minimum atomic E-state index is -1.44. The maximum Gasteiger partial charge on any atom is 0.420 e. The van der Waals surface area contributed by atoms with Crippen molar-refractivity contribution >= 4 is 22.8 Å². The first-order valence-electron chi connectivity index (χ1n) is 7.36. The molecule has 118 valence electrons. The number of para-hydroxylation sites is 2. The number of hydrogen-bond donors (Lipinski definition) is 1. The van der Waals surface area contributed by atoms with Crippen molar-refractivity contribution in [3.63, 3.8) is 0 Å². The Morgan fingerprint density at radius 1 is 1.39 bits per heavy atom. The van der Waals surface area contributed by atoms with E-state index in [2.05, 4.69) is 5.32 Å². The van der Waals surface area contributed by atoms with Crippen LogP contribution in [0.1, 0.15) is 25.8 Å². The SMILES string of the molecule is CC(C(=O)C(C#N)C(=O)NC1CC1)n1c(=O)oc2ccccc21. The summed E-state index contributed by atoms with van der Waals surface area (Å²) in [6, 6.07) is 7.51. The van der Waals surface area contributed by atoms with Gasteiger partial charge in [0.2, 0.25) is 5.91 Å². The summed E-state index contributed by atoms with van der Waals surface area (Å²) in [5.41, 5.74) is 0.811. The summed E-state index contributed by atoms with van der Waals surface area (Å²) < 4.78 is 6.26. The van der Waals surface area contributed by atoms with Crippen molar-refractivity contribution in [2.24, 2.45) is 5.92 Å². The number of rotatable bonds is 5. The lowest BCUT2D eigenvalue weighted by Crippen LogP contribution is -2.39. The highest BCUT2D eigenvalue weighted by Crippen LogP contribution is 2.22. The molecule has 2 aromatic rings. The van der Waals surface area contributed by atoms with Crippen molar-refractivity contribution in [2.75, 3.05) is 0 Å². The van der Waals surface area contributed by atoms with E-state index in [1.807, 2.05) is 0 Å². The van der Waals surface area contributed by atoms with Crippen LogP contribution >= 0.6 is 0 Å². The van der Waals surface area contributed by atoms with E-state index in [1.165, 1.54) is 11.5 Å². The topological polar surface area (TPSA) is 105 Å². The van der Waals surface area contributed by atoms with Crippen LogP contribution in [-0.2, 0) is 9.59 Å². The standard InChI is InChI=1S/C16H15N3O4/c1-9(14(20)11(8-17)15(21)18-10-6-7-10)19-12-4-2-3-5-13(12)23-16(19)22/h2-5,9-11H,6-7H2,1H3,(H,18,21). The van der Waals surface area contributed by atoms with Crippen molar-refractivity contribution in [2.45, 2.75) is 31.8 Å². The number of ketones is 1. The Morgan fingerprint density at radius 2 is 2.09 bits per heavy atom. The molecule has 1 fully saturated rings. The lowest BCUT2D eigenvalue weighted by Gasteiger charge is -2.15. The van der Waals surface area contributed by atoms with Crippen LogP contribution in [0.2, 0.25) is 0 Å². The predicted octanol–water partition coefficient (Wildman–Crippen LogP) is 1.14. The first kappa shape index (κ1) is 15.0. The summed E-state index contributed by atoms with van der Waals surface area (Å²) in [4.78, 5) is 36.6. The first-order chi connectivity index (χ1) is 11.0. The van der Waals surface area contributed by atoms with Crippen LogP contribution < -0.4 is 11.1 Å². The Bertz CT molecular complexity index is 869. The van der Waals surface area contributed by atoms with Crippen LogP contribution in [0.4, 0.5) is 0 Å². The molecule has 0 spiro atoms. The number of nitriles is 1. The highest BCUT2D eigenvalue weighted by atomic mass is 16.4. The molecular weight excluding hydrogens is 298 g/mol. The van der Waals surface area contributed by atoms with Gasteiger partial charge < -0.3 is 9.73 Å². The average Bonchev–Trinajstić information content (AvgIpc) is 3.27. The van der Waals surface area contributed by atoms with E-state index in [9.17, 15) is 19.6 Å². The van der Waals surface area contributed by atoms with Crippen LogP contribution in [0, 0.1) is 17.2 Å². The van der Waals surface area contributed by atoms with Crippen LogP contribution in [0.3, 0.4) is 0 Å². The van der Waals surface area contributed by atoms with Gasteiger partial charge in [0.1, 0.15) is 0 Å². The number of aromatic nitrogens is 1. The van der Waals surface area contributed by atoms with E-state index in [-0.39, 0.29) is 6.04 Å². The van der Waals surface area contributed by atoms with Crippen molar-refractivity contribution in [3.8, 4) is 6.07 Å². The fourth-order valence-electron chi connectivity index (χ4n) is 2.48. The van der Waals surface area contributed by atoms with E-state index >= 15 is 0 Å². The van der Waals surface area contributed by atoms with Crippen LogP contribution in [0.5, 0.6) is 0 Å². The van der Waals surface area contributed by atoms with Gasteiger partial charge >= 0.3 is 5.76 Å². The maximum atomic E-state index is 12.5. The Labute approximate surface area is 131 Å². The molecule has 0 aliphatic heterocycles. The Kier molecular flexibility index (Phi) is 3.74. The number of nitrogens with one attached hydrogen (secondary N) is 1. The highest BCUT2D eigenvalue weighted by molar-refractivity contribution is 6.05. The quantitative estimate of drug-likeness (QED) is 0.833. The molecule has 3 rings (SSSR count). The summed E-state index contributed by atoms with van der Waals surface area (Å²) in [5.74, 6) is -3.36. The third-order valence-electron chi connectivity index (χ3n) is 3.92. The third kappa shape index (κ3) is 2.75. The zero-order valence-corrected chi connectivity index (χ0v) is 12.5. The molecule has 1 aliphatic carbocycles. The minimum Gasteiger partial charge on any atom is -0.408 e. The molecule has 1 heterocycles. The van der Waals surface area contributed by atoms with Gasteiger partial charge in [0.25, 0.3) is 0 Å². The van der Waals surface area contributed by atoms with Crippen molar-refractivity contribution in [1.82, 2.24) is 9.88 Å². The molecule has 7 heteroatoms. The molecule has 1 amide bonds. The zero-order chi connectivity index (χ0) is 16.6. The number of hydrogen-bond acceptors (Lipinski definition) is 5. The van der Waals surface area contributed by atoms with Gasteiger partial charge in [-0.3, -0.25) is 14.2 Å². The maximum absolute atomic E-state index is 12.5. The van der Waals surface area contributed by atoms with Gasteiger partial charge in [-0.25, -0.2) is 4.79 Å². The number of benzene rings is 1. The number of nitrogens with zero attached hydrogens (tertiary/aromatic N) is 2. The lowest BCUT2D eigenvalue weighted by molar-refractivity contribution is -0.133. The highest BCUT2D eigenvalue weighted by Gasteiger charge is 2.35. The molecule has 1 N–H and O–H groups in total. The first-order valence-corrected chi connectivity index (χ1v) is 7.36. The van der Waals surface area contributed by atoms with E-state index in [1.54, 1.807) is 30.3 Å². The third-order valence-corrected chi connectivity index (χ3v) is 3.92.